The second-order valence-corrected chi connectivity index (χ2v) is 7.01. The van der Waals surface area contributed by atoms with Crippen LogP contribution in [0.4, 0.5) is 0 Å². The van der Waals surface area contributed by atoms with Crippen molar-refractivity contribution in [1.82, 2.24) is 16.0 Å². The highest BCUT2D eigenvalue weighted by Gasteiger charge is 2.20. The monoisotopic (exact) mass is 412 g/mol. The summed E-state index contributed by atoms with van der Waals surface area (Å²) in [5.74, 6) is -1.12. The van der Waals surface area contributed by atoms with E-state index < -0.39 is 23.9 Å². The largest absolute Gasteiger partial charge is 0.508 e. The number of amides is 3. The number of hydrogen-bond acceptors (Lipinski definition) is 5. The van der Waals surface area contributed by atoms with Crippen LogP contribution in [0.3, 0.4) is 0 Å². The van der Waals surface area contributed by atoms with E-state index in [4.69, 9.17) is 5.73 Å². The van der Waals surface area contributed by atoms with Gasteiger partial charge in [-0.2, -0.15) is 0 Å². The van der Waals surface area contributed by atoms with Gasteiger partial charge in [0.15, 0.2) is 0 Å². The van der Waals surface area contributed by atoms with E-state index in [2.05, 4.69) is 16.0 Å². The Bertz CT molecular complexity index is 840. The number of phenolic OH excluding ortho intramolecular Hbond substituents is 1. The van der Waals surface area contributed by atoms with Crippen molar-refractivity contribution in [2.45, 2.75) is 31.8 Å². The summed E-state index contributed by atoms with van der Waals surface area (Å²) >= 11 is 0. The third kappa shape index (κ3) is 7.92. The minimum absolute atomic E-state index is 0.131. The van der Waals surface area contributed by atoms with Crippen LogP contribution in [0.5, 0.6) is 5.75 Å². The normalized spacial score (nSPS) is 12.5. The molecule has 160 valence electrons. The topological polar surface area (TPSA) is 134 Å². The summed E-state index contributed by atoms with van der Waals surface area (Å²) in [6.07, 6.45) is 0.968. The maximum atomic E-state index is 12.2. The third-order valence-electron chi connectivity index (χ3n) is 4.48. The van der Waals surface area contributed by atoms with Gasteiger partial charge < -0.3 is 26.8 Å². The lowest BCUT2D eigenvalue weighted by Crippen LogP contribution is -2.52. The Kier molecular flexibility index (Phi) is 8.83. The van der Waals surface area contributed by atoms with Gasteiger partial charge in [-0.25, -0.2) is 0 Å². The van der Waals surface area contributed by atoms with Gasteiger partial charge in [-0.1, -0.05) is 42.5 Å². The predicted octanol–water partition coefficient (Wildman–Crippen LogP) is 0.242. The maximum absolute atomic E-state index is 12.2. The number of nitrogens with one attached hydrogen (secondary N) is 3. The number of carbonyl (C=O) groups excluding carboxylic acids is 3. The van der Waals surface area contributed by atoms with Gasteiger partial charge in [-0.05, 0) is 43.0 Å². The molecule has 3 amide bonds. The van der Waals surface area contributed by atoms with E-state index in [1.54, 1.807) is 12.1 Å². The average molecular weight is 412 g/mol. The van der Waals surface area contributed by atoms with Crippen LogP contribution < -0.4 is 21.7 Å². The van der Waals surface area contributed by atoms with Crippen LogP contribution in [0, 0.1) is 0 Å². The second-order valence-electron chi connectivity index (χ2n) is 7.01. The molecule has 2 aromatic carbocycles. The zero-order valence-electron chi connectivity index (χ0n) is 16.9. The Labute approximate surface area is 175 Å². The highest BCUT2D eigenvalue weighted by atomic mass is 16.3. The molecule has 0 saturated carbocycles. The minimum Gasteiger partial charge on any atom is -0.508 e. The average Bonchev–Trinajstić information content (AvgIpc) is 2.74. The van der Waals surface area contributed by atoms with Crippen molar-refractivity contribution in [3.8, 4) is 5.75 Å². The molecular formula is C22H28N4O4. The lowest BCUT2D eigenvalue weighted by molar-refractivity contribution is -0.130. The first-order valence-electron chi connectivity index (χ1n) is 9.77. The summed E-state index contributed by atoms with van der Waals surface area (Å²) in [6.45, 7) is 1.82. The molecule has 2 aromatic rings. The fourth-order valence-electron chi connectivity index (χ4n) is 2.74. The van der Waals surface area contributed by atoms with Crippen LogP contribution in [0.2, 0.25) is 0 Å². The summed E-state index contributed by atoms with van der Waals surface area (Å²) in [4.78, 5) is 36.2. The van der Waals surface area contributed by atoms with Gasteiger partial charge in [0.1, 0.15) is 11.8 Å². The quantitative estimate of drug-likeness (QED) is 0.381. The van der Waals surface area contributed by atoms with Crippen LogP contribution >= 0.6 is 0 Å². The molecule has 0 radical (unpaired) electrons. The van der Waals surface area contributed by atoms with Crippen molar-refractivity contribution in [3.63, 3.8) is 0 Å². The summed E-state index contributed by atoms with van der Waals surface area (Å²) < 4.78 is 0. The van der Waals surface area contributed by atoms with E-state index in [-0.39, 0.29) is 24.6 Å². The molecule has 0 spiro atoms. The minimum atomic E-state index is -0.842. The first-order chi connectivity index (χ1) is 14.3. The molecule has 0 fully saturated rings. The molecule has 30 heavy (non-hydrogen) atoms. The molecule has 2 atom stereocenters. The van der Waals surface area contributed by atoms with Crippen LogP contribution in [-0.2, 0) is 27.2 Å². The number of benzene rings is 2. The molecule has 8 heteroatoms. The molecule has 0 aliphatic rings. The molecule has 6 N–H and O–H groups in total. The molecular weight excluding hydrogens is 384 g/mol. The Balaban J connectivity index is 1.67. The van der Waals surface area contributed by atoms with Crippen molar-refractivity contribution >= 4 is 17.7 Å². The summed E-state index contributed by atoms with van der Waals surface area (Å²) in [5.41, 5.74) is 7.79. The van der Waals surface area contributed by atoms with Crippen molar-refractivity contribution in [3.05, 3.63) is 65.7 Å². The van der Waals surface area contributed by atoms with Crippen molar-refractivity contribution < 1.29 is 19.5 Å². The molecule has 0 aromatic heterocycles. The molecule has 0 unspecified atom stereocenters. The standard InChI is InChI=1S/C22H28N4O4/c1-15(26-22(30)19(23)13-17-7-9-18(27)10-8-17)21(29)25-14-20(28)24-12-11-16-5-3-2-4-6-16/h2-10,15,19,27H,11-14,23H2,1H3,(H,24,28)(H,25,29)(H,26,30)/t15-,19-/m0/s1. The van der Waals surface area contributed by atoms with Crippen LogP contribution in [0.1, 0.15) is 18.1 Å². The molecule has 2 rings (SSSR count). The molecule has 0 saturated heterocycles. The van der Waals surface area contributed by atoms with Gasteiger partial charge in [0, 0.05) is 6.54 Å². The van der Waals surface area contributed by atoms with Crippen LogP contribution in [0.15, 0.2) is 54.6 Å². The van der Waals surface area contributed by atoms with Crippen LogP contribution in [-0.4, -0.2) is 48.0 Å². The number of aromatic hydroxyl groups is 1. The second kappa shape index (κ2) is 11.6. The van der Waals surface area contributed by atoms with E-state index in [1.165, 1.54) is 19.1 Å². The Morgan fingerprint density at radius 1 is 0.933 bits per heavy atom. The number of nitrogens with two attached hydrogens (primary N) is 1. The van der Waals surface area contributed by atoms with E-state index in [0.29, 0.717) is 13.0 Å². The lowest BCUT2D eigenvalue weighted by Gasteiger charge is -2.17. The van der Waals surface area contributed by atoms with Gasteiger partial charge in [-0.3, -0.25) is 14.4 Å². The molecule has 8 nitrogen and oxygen atoms in total. The van der Waals surface area contributed by atoms with Crippen molar-refractivity contribution in [2.75, 3.05) is 13.1 Å². The zero-order chi connectivity index (χ0) is 21.9. The molecule has 0 bridgehead atoms. The molecule has 0 heterocycles. The number of rotatable bonds is 10. The molecule has 0 aliphatic heterocycles. The SMILES string of the molecule is C[C@H](NC(=O)[C@@H](N)Cc1ccc(O)cc1)C(=O)NCC(=O)NCCc1ccccc1. The zero-order valence-corrected chi connectivity index (χ0v) is 16.9. The van der Waals surface area contributed by atoms with E-state index in [9.17, 15) is 19.5 Å². The Hall–Kier alpha value is -3.39. The Morgan fingerprint density at radius 2 is 1.60 bits per heavy atom. The van der Waals surface area contributed by atoms with E-state index >= 15 is 0 Å². The van der Waals surface area contributed by atoms with E-state index in [0.717, 1.165) is 11.1 Å². The van der Waals surface area contributed by atoms with E-state index in [1.807, 2.05) is 30.3 Å². The first-order valence-corrected chi connectivity index (χ1v) is 9.77. The predicted molar refractivity (Wildman–Crippen MR) is 114 cm³/mol. The smallest absolute Gasteiger partial charge is 0.242 e. The van der Waals surface area contributed by atoms with Crippen LogP contribution in [0.25, 0.3) is 0 Å². The van der Waals surface area contributed by atoms with Gasteiger partial charge in [0.2, 0.25) is 17.7 Å². The summed E-state index contributed by atoms with van der Waals surface area (Å²) in [6, 6.07) is 14.5. The molecule has 0 aliphatic carbocycles. The van der Waals surface area contributed by atoms with Gasteiger partial charge in [0.25, 0.3) is 0 Å². The highest BCUT2D eigenvalue weighted by Crippen LogP contribution is 2.10. The van der Waals surface area contributed by atoms with Crippen molar-refractivity contribution in [1.29, 1.82) is 0 Å². The maximum Gasteiger partial charge on any atom is 0.242 e. The fraction of sp³-hybridized carbons (Fsp3) is 0.318. The number of hydrogen-bond donors (Lipinski definition) is 5. The highest BCUT2D eigenvalue weighted by molar-refractivity contribution is 5.91. The van der Waals surface area contributed by atoms with Gasteiger partial charge >= 0.3 is 0 Å². The number of phenols is 1. The Morgan fingerprint density at radius 3 is 2.27 bits per heavy atom. The summed E-state index contributed by atoms with van der Waals surface area (Å²) in [7, 11) is 0. The summed E-state index contributed by atoms with van der Waals surface area (Å²) in [5, 5.41) is 17.1. The van der Waals surface area contributed by atoms with Gasteiger partial charge in [-0.15, -0.1) is 0 Å². The van der Waals surface area contributed by atoms with Crippen molar-refractivity contribution in [2.24, 2.45) is 5.73 Å². The lowest BCUT2D eigenvalue weighted by atomic mass is 10.1. The van der Waals surface area contributed by atoms with Gasteiger partial charge in [0.05, 0.1) is 12.6 Å². The number of carbonyl (C=O) groups is 3. The first kappa shape index (κ1) is 22.9. The third-order valence-corrected chi connectivity index (χ3v) is 4.48. The fourth-order valence-corrected chi connectivity index (χ4v) is 2.74.